The fraction of sp³-hybridized carbons (Fsp3) is 0. The van der Waals surface area contributed by atoms with Crippen molar-refractivity contribution in [2.24, 2.45) is 0 Å². The predicted octanol–water partition coefficient (Wildman–Crippen LogP) is 4.42. The van der Waals surface area contributed by atoms with Crippen molar-refractivity contribution in [3.63, 3.8) is 0 Å². The quantitative estimate of drug-likeness (QED) is 0.0767. The lowest BCUT2D eigenvalue weighted by atomic mass is 9.97. The van der Waals surface area contributed by atoms with Crippen LogP contribution in [0.2, 0.25) is 0 Å². The zero-order valence-electron chi connectivity index (χ0n) is 25.2. The number of hydrogen-bond donors (Lipinski definition) is 5. The fourth-order valence-electron chi connectivity index (χ4n) is 5.81. The molecule has 0 aliphatic carbocycles. The van der Waals surface area contributed by atoms with Crippen molar-refractivity contribution in [2.75, 3.05) is 5.73 Å². The van der Waals surface area contributed by atoms with Gasteiger partial charge >= 0.3 is 41.6 Å². The fourth-order valence-corrected chi connectivity index (χ4v) is 7.36. The predicted molar refractivity (Wildman–Crippen MR) is 183 cm³/mol. The Morgan fingerprint density at radius 1 is 0.519 bits per heavy atom. The molecule has 1 heterocycles. The van der Waals surface area contributed by atoms with Crippen LogP contribution in [0.25, 0.3) is 65.6 Å². The molecule has 19 nitrogen and oxygen atoms in total. The molecule has 23 heteroatoms. The highest BCUT2D eigenvalue weighted by Crippen LogP contribution is 2.49. The molecule has 0 spiro atoms. The molecule has 0 unspecified atom stereocenters. The van der Waals surface area contributed by atoms with Gasteiger partial charge in [0, 0.05) is 37.7 Å². The normalized spacial score (nSPS) is 12.9. The number of nitrogens with two attached hydrogens (primary N) is 1. The average Bonchev–Trinajstić information content (AvgIpc) is 3.44. The van der Waals surface area contributed by atoms with Crippen molar-refractivity contribution in [3.05, 3.63) is 72.8 Å². The topological polar surface area (TPSA) is 306 Å². The molecule has 52 heavy (non-hydrogen) atoms. The van der Waals surface area contributed by atoms with Crippen LogP contribution in [0.4, 0.5) is 5.69 Å². The van der Waals surface area contributed by atoms with Crippen molar-refractivity contribution in [2.45, 2.75) is 0 Å². The summed E-state index contributed by atoms with van der Waals surface area (Å²) < 4.78 is 159. The Balaban J connectivity index is 1.56. The van der Waals surface area contributed by atoms with E-state index in [1.54, 1.807) is 0 Å². The van der Waals surface area contributed by atoms with Crippen molar-refractivity contribution >= 4 is 101 Å². The summed E-state index contributed by atoms with van der Waals surface area (Å²) in [6, 6.07) is 15.7. The van der Waals surface area contributed by atoms with E-state index in [1.807, 2.05) is 0 Å². The van der Waals surface area contributed by atoms with Crippen LogP contribution in [0.5, 0.6) is 23.0 Å². The van der Waals surface area contributed by atoms with E-state index in [9.17, 15) is 51.9 Å². The Kier molecular flexibility index (Phi) is 7.89. The van der Waals surface area contributed by atoms with Crippen LogP contribution in [0.1, 0.15) is 0 Å². The smallest absolute Gasteiger partial charge is 0.436 e. The lowest BCUT2D eigenvalue weighted by molar-refractivity contribution is 0.385. The van der Waals surface area contributed by atoms with E-state index >= 15 is 0 Å². The van der Waals surface area contributed by atoms with Crippen LogP contribution < -0.4 is 22.5 Å². The van der Waals surface area contributed by atoms with Gasteiger partial charge in [-0.15, -0.1) is 0 Å². The van der Waals surface area contributed by atoms with Gasteiger partial charge in [-0.1, -0.05) is 48.5 Å². The lowest BCUT2D eigenvalue weighted by Crippen LogP contribution is -2.11. The number of rotatable bonds is 9. The van der Waals surface area contributed by atoms with Gasteiger partial charge in [0.25, 0.3) is 0 Å². The summed E-state index contributed by atoms with van der Waals surface area (Å²) in [6.45, 7) is 0. The number of hydrogen-bond acceptors (Lipinski definition) is 15. The Morgan fingerprint density at radius 3 is 1.38 bits per heavy atom. The second kappa shape index (κ2) is 11.8. The van der Waals surface area contributed by atoms with Gasteiger partial charge in [-0.2, -0.15) is 33.7 Å². The number of anilines is 1. The van der Waals surface area contributed by atoms with Crippen LogP contribution in [-0.4, -0.2) is 56.9 Å². The summed E-state index contributed by atoms with van der Waals surface area (Å²) in [5, 5.41) is -1.34. The van der Waals surface area contributed by atoms with Crippen molar-refractivity contribution < 1.29 is 73.0 Å². The maximum Gasteiger partial charge on any atom is 0.446 e. The number of oxazole rings is 1. The van der Waals surface area contributed by atoms with Crippen LogP contribution in [0, 0.1) is 0 Å². The van der Waals surface area contributed by atoms with E-state index in [-0.39, 0.29) is 71.3 Å². The van der Waals surface area contributed by atoms with E-state index in [2.05, 4.69) is 4.98 Å². The van der Waals surface area contributed by atoms with Gasteiger partial charge in [0.15, 0.2) is 28.6 Å². The summed E-state index contributed by atoms with van der Waals surface area (Å²) >= 11 is 0. The van der Waals surface area contributed by atoms with Gasteiger partial charge in [-0.05, 0) is 24.3 Å². The maximum absolute atomic E-state index is 12.0. The number of fused-ring (bicyclic) bond motifs is 5. The standard InChI is InChI=1S/C29H18N2O17S4/c30-24-18(10-9-17-23(24)28(48-52(41,42)43)16-8-4-3-7-15(16)25(17)45-49(32,33)34)29-31-21-11-19-20(12-22(21)44-29)27(47-51(38,39)40)14-6-2-1-5-13(14)26(19)46-50(35,36)37/h1-12H,30H2,(H,32,33,34)(H,35,36,37)(H,38,39,40)(H,41,42,43). The molecule has 0 fully saturated rings. The second-order valence-electron chi connectivity index (χ2n) is 10.8. The minimum atomic E-state index is -5.24. The highest BCUT2D eigenvalue weighted by Gasteiger charge is 2.28. The molecule has 6 aromatic carbocycles. The van der Waals surface area contributed by atoms with E-state index < -0.39 is 64.6 Å². The minimum absolute atomic E-state index is 0.0569. The first-order valence-electron chi connectivity index (χ1n) is 13.9. The van der Waals surface area contributed by atoms with Crippen molar-refractivity contribution in [3.8, 4) is 34.5 Å². The molecular formula is C29H18N2O17S4. The Hall–Kier alpha value is -5.53. The summed E-state index contributed by atoms with van der Waals surface area (Å²) in [6.07, 6.45) is 0. The highest BCUT2D eigenvalue weighted by molar-refractivity contribution is 7.82. The molecule has 6 N–H and O–H groups in total. The van der Waals surface area contributed by atoms with Crippen LogP contribution >= 0.6 is 0 Å². The number of nitrogens with zero attached hydrogens (tertiary/aromatic N) is 1. The maximum atomic E-state index is 12.0. The molecule has 0 radical (unpaired) electrons. The van der Waals surface area contributed by atoms with Crippen molar-refractivity contribution in [1.82, 2.24) is 4.98 Å². The minimum Gasteiger partial charge on any atom is -0.436 e. The van der Waals surface area contributed by atoms with Gasteiger partial charge in [-0.3, -0.25) is 18.2 Å². The first-order chi connectivity index (χ1) is 24.2. The van der Waals surface area contributed by atoms with E-state index in [0.717, 1.165) is 6.07 Å². The molecule has 0 amide bonds. The van der Waals surface area contributed by atoms with Gasteiger partial charge in [0.2, 0.25) is 5.89 Å². The third-order valence-corrected chi connectivity index (χ3v) is 9.06. The average molecular weight is 795 g/mol. The van der Waals surface area contributed by atoms with Crippen LogP contribution in [0.3, 0.4) is 0 Å². The highest BCUT2D eigenvalue weighted by atomic mass is 32.3. The third kappa shape index (κ3) is 6.53. The number of benzene rings is 6. The van der Waals surface area contributed by atoms with E-state index in [4.69, 9.17) is 26.9 Å². The molecule has 0 aliphatic rings. The molecule has 0 bridgehead atoms. The third-order valence-electron chi connectivity index (χ3n) is 7.55. The summed E-state index contributed by atoms with van der Waals surface area (Å²) in [5.74, 6) is -2.37. The first kappa shape index (κ1) is 34.9. The molecule has 1 aromatic heterocycles. The largest absolute Gasteiger partial charge is 0.446 e. The molecule has 270 valence electrons. The SMILES string of the molecule is Nc1c(-c2nc3cc4c(OS(=O)(=O)O)c5ccccc5c(OS(=O)(=O)O)c4cc3o2)ccc2c(OS(=O)(=O)O)c3ccccc3c(OS(=O)(=O)O)c12. The molecular weight excluding hydrogens is 777 g/mol. The van der Waals surface area contributed by atoms with Gasteiger partial charge < -0.3 is 26.9 Å². The summed E-state index contributed by atoms with van der Waals surface area (Å²) in [5.41, 5.74) is 5.85. The van der Waals surface area contributed by atoms with E-state index in [0.29, 0.717) is 0 Å². The van der Waals surface area contributed by atoms with Crippen molar-refractivity contribution in [1.29, 1.82) is 0 Å². The lowest BCUT2D eigenvalue weighted by Gasteiger charge is -2.17. The monoisotopic (exact) mass is 794 g/mol. The van der Waals surface area contributed by atoms with Crippen LogP contribution in [0.15, 0.2) is 77.2 Å². The Morgan fingerprint density at radius 2 is 0.923 bits per heavy atom. The molecule has 0 saturated heterocycles. The number of aromatic nitrogens is 1. The zero-order chi connectivity index (χ0) is 37.5. The van der Waals surface area contributed by atoms with Gasteiger partial charge in [0.05, 0.1) is 16.6 Å². The van der Waals surface area contributed by atoms with Crippen LogP contribution in [-0.2, 0) is 41.6 Å². The molecule has 0 atom stereocenters. The van der Waals surface area contributed by atoms with Gasteiger partial charge in [-0.25, -0.2) is 4.98 Å². The second-order valence-corrected chi connectivity index (χ2v) is 14.9. The number of nitrogen functional groups attached to an aromatic ring is 1. The first-order valence-corrected chi connectivity index (χ1v) is 19.4. The Bertz CT molecular complexity index is 3030. The van der Waals surface area contributed by atoms with Gasteiger partial charge in [0.1, 0.15) is 5.52 Å². The molecule has 0 aliphatic heterocycles. The zero-order valence-corrected chi connectivity index (χ0v) is 28.4. The summed E-state index contributed by atoms with van der Waals surface area (Å²) in [4.78, 5) is 4.37. The van der Waals surface area contributed by atoms with E-state index in [1.165, 1.54) is 66.7 Å². The summed E-state index contributed by atoms with van der Waals surface area (Å²) in [7, 11) is -20.8. The molecule has 7 rings (SSSR count). The Labute approximate surface area is 291 Å². The molecule has 7 aromatic rings. The molecule has 0 saturated carbocycles.